The Morgan fingerprint density at radius 3 is 2.80 bits per heavy atom. The fraction of sp³-hybridized carbons (Fsp3) is 0.909. The molecule has 0 aromatic carbocycles. The average Bonchev–Trinajstić information content (AvgIpc) is 2.70. The normalized spacial score (nSPS) is 38.2. The molecule has 1 aliphatic carbocycles. The maximum absolute atomic E-state index is 11.8. The van der Waals surface area contributed by atoms with Gasteiger partial charge in [0.25, 0.3) is 0 Å². The van der Waals surface area contributed by atoms with Crippen LogP contribution in [0.4, 0.5) is 4.79 Å². The fourth-order valence-corrected chi connectivity index (χ4v) is 3.44. The van der Waals surface area contributed by atoms with E-state index in [-0.39, 0.29) is 17.4 Å². The highest BCUT2D eigenvalue weighted by molar-refractivity contribution is 5.73. The lowest BCUT2D eigenvalue weighted by Crippen LogP contribution is -2.61. The van der Waals surface area contributed by atoms with E-state index in [2.05, 4.69) is 12.2 Å². The summed E-state index contributed by atoms with van der Waals surface area (Å²) in [5, 5.41) is 3.47. The number of carbonyl (C=O) groups is 1. The average molecular weight is 210 g/mol. The fourth-order valence-electron chi connectivity index (χ4n) is 3.44. The van der Waals surface area contributed by atoms with Crippen LogP contribution in [0.1, 0.15) is 39.0 Å². The molecule has 2 aliphatic heterocycles. The molecule has 3 aliphatic rings. The van der Waals surface area contributed by atoms with Crippen LogP contribution in [-0.2, 0) is 4.74 Å². The number of fused-ring (bicyclic) bond motifs is 2. The molecule has 84 valence electrons. The first-order chi connectivity index (χ1) is 7.18. The Bertz CT molecular complexity index is 299. The van der Waals surface area contributed by atoms with E-state index < -0.39 is 0 Å². The van der Waals surface area contributed by atoms with Crippen molar-refractivity contribution >= 4 is 6.09 Å². The molecule has 0 radical (unpaired) electrons. The molecule has 1 atom stereocenters. The minimum atomic E-state index is -0.251. The minimum absolute atomic E-state index is 0.121. The first-order valence-corrected chi connectivity index (χ1v) is 5.94. The largest absolute Gasteiger partial charge is 0.439 e. The Labute approximate surface area is 90.0 Å². The second-order valence-electron chi connectivity index (χ2n) is 5.07. The van der Waals surface area contributed by atoms with Crippen molar-refractivity contribution in [3.8, 4) is 0 Å². The van der Waals surface area contributed by atoms with E-state index in [1.54, 1.807) is 0 Å². The summed E-state index contributed by atoms with van der Waals surface area (Å²) in [6, 6.07) is 0. The van der Waals surface area contributed by atoms with E-state index in [0.29, 0.717) is 0 Å². The lowest BCUT2D eigenvalue weighted by Gasteiger charge is -2.42. The molecule has 1 amide bonds. The van der Waals surface area contributed by atoms with Crippen molar-refractivity contribution in [2.24, 2.45) is 0 Å². The van der Waals surface area contributed by atoms with Crippen molar-refractivity contribution in [3.05, 3.63) is 0 Å². The van der Waals surface area contributed by atoms with Crippen molar-refractivity contribution < 1.29 is 9.53 Å². The van der Waals surface area contributed by atoms with Crippen LogP contribution in [0.3, 0.4) is 0 Å². The van der Waals surface area contributed by atoms with E-state index in [9.17, 15) is 4.79 Å². The van der Waals surface area contributed by atoms with Crippen LogP contribution in [0.5, 0.6) is 0 Å². The zero-order valence-corrected chi connectivity index (χ0v) is 9.21. The molecule has 2 saturated heterocycles. The molecule has 0 bridgehead atoms. The monoisotopic (exact) mass is 210 g/mol. The summed E-state index contributed by atoms with van der Waals surface area (Å²) >= 11 is 0. The van der Waals surface area contributed by atoms with Crippen molar-refractivity contribution in [2.45, 2.75) is 50.3 Å². The third kappa shape index (κ3) is 1.03. The van der Waals surface area contributed by atoms with Gasteiger partial charge in [0.05, 0.1) is 0 Å². The Kier molecular flexibility index (Phi) is 1.81. The third-order valence-corrected chi connectivity index (χ3v) is 4.40. The van der Waals surface area contributed by atoms with Gasteiger partial charge in [-0.1, -0.05) is 6.42 Å². The summed E-state index contributed by atoms with van der Waals surface area (Å²) in [5.74, 6) is 0. The predicted octanol–water partition coefficient (Wildman–Crippen LogP) is 1.46. The summed E-state index contributed by atoms with van der Waals surface area (Å²) in [5.41, 5.74) is -0.497. The molecule has 15 heavy (non-hydrogen) atoms. The van der Waals surface area contributed by atoms with E-state index in [0.717, 1.165) is 25.9 Å². The van der Waals surface area contributed by atoms with E-state index in [4.69, 9.17) is 4.74 Å². The minimum Gasteiger partial charge on any atom is -0.439 e. The lowest BCUT2D eigenvalue weighted by atomic mass is 9.76. The van der Waals surface area contributed by atoms with Gasteiger partial charge in [0.1, 0.15) is 5.66 Å². The number of rotatable bonds is 0. The predicted molar refractivity (Wildman–Crippen MR) is 55.4 cm³/mol. The van der Waals surface area contributed by atoms with E-state index >= 15 is 0 Å². The van der Waals surface area contributed by atoms with Crippen LogP contribution in [0, 0.1) is 0 Å². The molecule has 1 spiro atoms. The maximum Gasteiger partial charge on any atom is 0.412 e. The molecular weight excluding hydrogens is 192 g/mol. The second kappa shape index (κ2) is 2.88. The van der Waals surface area contributed by atoms with Gasteiger partial charge in [0.2, 0.25) is 0 Å². The van der Waals surface area contributed by atoms with Gasteiger partial charge in [-0.2, -0.15) is 0 Å². The molecule has 0 aromatic rings. The topological polar surface area (TPSA) is 41.6 Å². The highest BCUT2D eigenvalue weighted by Crippen LogP contribution is 2.48. The Balaban J connectivity index is 1.98. The summed E-state index contributed by atoms with van der Waals surface area (Å²) < 4.78 is 5.68. The van der Waals surface area contributed by atoms with Gasteiger partial charge >= 0.3 is 6.09 Å². The SMILES string of the molecule is CC12NCCN1C(=O)OC21CCCCC1. The van der Waals surface area contributed by atoms with Crippen LogP contribution < -0.4 is 5.32 Å². The highest BCUT2D eigenvalue weighted by Gasteiger charge is 2.63. The van der Waals surface area contributed by atoms with Gasteiger partial charge in [-0.15, -0.1) is 0 Å². The number of nitrogens with one attached hydrogen (secondary N) is 1. The van der Waals surface area contributed by atoms with Gasteiger partial charge < -0.3 is 4.74 Å². The van der Waals surface area contributed by atoms with E-state index in [1.165, 1.54) is 19.3 Å². The summed E-state index contributed by atoms with van der Waals surface area (Å²) in [6.07, 6.45) is 5.54. The quantitative estimate of drug-likeness (QED) is 0.658. The second-order valence-corrected chi connectivity index (χ2v) is 5.07. The summed E-state index contributed by atoms with van der Waals surface area (Å²) in [7, 11) is 0. The Morgan fingerprint density at radius 1 is 1.33 bits per heavy atom. The van der Waals surface area contributed by atoms with Crippen LogP contribution in [0.25, 0.3) is 0 Å². The van der Waals surface area contributed by atoms with Gasteiger partial charge in [0, 0.05) is 13.1 Å². The molecular formula is C11H18N2O2. The van der Waals surface area contributed by atoms with Gasteiger partial charge in [0.15, 0.2) is 5.60 Å². The molecule has 1 unspecified atom stereocenters. The molecule has 1 saturated carbocycles. The van der Waals surface area contributed by atoms with Crippen molar-refractivity contribution in [2.75, 3.05) is 13.1 Å². The first-order valence-electron chi connectivity index (χ1n) is 5.94. The van der Waals surface area contributed by atoms with Crippen LogP contribution in [-0.4, -0.2) is 35.3 Å². The van der Waals surface area contributed by atoms with Gasteiger partial charge in [-0.05, 0) is 32.6 Å². The number of hydrogen-bond donors (Lipinski definition) is 1. The van der Waals surface area contributed by atoms with Gasteiger partial charge in [-0.3, -0.25) is 10.2 Å². The lowest BCUT2D eigenvalue weighted by molar-refractivity contribution is -0.0409. The third-order valence-electron chi connectivity index (χ3n) is 4.40. The molecule has 0 aromatic heterocycles. The zero-order chi connectivity index (χ0) is 10.5. The maximum atomic E-state index is 11.8. The van der Waals surface area contributed by atoms with Gasteiger partial charge in [-0.25, -0.2) is 4.79 Å². The highest BCUT2D eigenvalue weighted by atomic mass is 16.6. The number of nitrogens with zero attached hydrogens (tertiary/aromatic N) is 1. The van der Waals surface area contributed by atoms with Crippen molar-refractivity contribution in [3.63, 3.8) is 0 Å². The Morgan fingerprint density at radius 2 is 2.07 bits per heavy atom. The summed E-state index contributed by atoms with van der Waals surface area (Å²) in [4.78, 5) is 13.7. The number of amides is 1. The van der Waals surface area contributed by atoms with Crippen molar-refractivity contribution in [1.82, 2.24) is 10.2 Å². The molecule has 4 heteroatoms. The Hall–Kier alpha value is -0.770. The number of ether oxygens (including phenoxy) is 1. The molecule has 2 heterocycles. The van der Waals surface area contributed by atoms with Crippen molar-refractivity contribution in [1.29, 1.82) is 0 Å². The first kappa shape index (κ1) is 9.46. The molecule has 3 rings (SSSR count). The summed E-state index contributed by atoms with van der Waals surface area (Å²) in [6.45, 7) is 3.81. The number of hydrogen-bond acceptors (Lipinski definition) is 3. The smallest absolute Gasteiger partial charge is 0.412 e. The van der Waals surface area contributed by atoms with Crippen LogP contribution >= 0.6 is 0 Å². The zero-order valence-electron chi connectivity index (χ0n) is 9.21. The van der Waals surface area contributed by atoms with Crippen LogP contribution in [0.15, 0.2) is 0 Å². The van der Waals surface area contributed by atoms with Crippen LogP contribution in [0.2, 0.25) is 0 Å². The molecule has 1 N–H and O–H groups in total. The van der Waals surface area contributed by atoms with E-state index in [1.807, 2.05) is 4.90 Å². The standard InChI is InChI=1S/C11H18N2O2/c1-10-11(5-3-2-4-6-11)15-9(14)13(10)8-7-12-10/h12H,2-8H2,1H3. The molecule has 4 nitrogen and oxygen atoms in total. The molecule has 3 fully saturated rings. The number of carbonyl (C=O) groups excluding carboxylic acids is 1.